The van der Waals surface area contributed by atoms with Crippen LogP contribution >= 0.6 is 23.2 Å². The molecule has 0 amide bonds. The van der Waals surface area contributed by atoms with E-state index in [0.29, 0.717) is 27.1 Å². The van der Waals surface area contributed by atoms with Gasteiger partial charge in [0.05, 0.1) is 16.4 Å². The summed E-state index contributed by atoms with van der Waals surface area (Å²) in [6.45, 7) is 0. The van der Waals surface area contributed by atoms with Crippen LogP contribution in [0.5, 0.6) is 0 Å². The standard InChI is InChI=1S/C12H9Cl2FN2/c13-7-4-8(15)6-9(5-7)17-11-3-1-2-10(14)12(11)16/h1-6,17H,16H2. The maximum atomic E-state index is 13.1. The van der Waals surface area contributed by atoms with Crippen LogP contribution in [-0.4, -0.2) is 0 Å². The van der Waals surface area contributed by atoms with Crippen molar-refractivity contribution in [1.29, 1.82) is 0 Å². The van der Waals surface area contributed by atoms with Crippen LogP contribution in [-0.2, 0) is 0 Å². The zero-order valence-corrected chi connectivity index (χ0v) is 10.2. The first-order valence-corrected chi connectivity index (χ1v) is 5.59. The number of para-hydroxylation sites is 1. The Morgan fingerprint density at radius 3 is 2.59 bits per heavy atom. The molecular weight excluding hydrogens is 262 g/mol. The van der Waals surface area contributed by atoms with Crippen LogP contribution in [0.25, 0.3) is 0 Å². The molecule has 0 aliphatic rings. The molecule has 0 aliphatic carbocycles. The van der Waals surface area contributed by atoms with Crippen LogP contribution in [0.1, 0.15) is 0 Å². The van der Waals surface area contributed by atoms with Gasteiger partial charge in [0, 0.05) is 10.7 Å². The summed E-state index contributed by atoms with van der Waals surface area (Å²) >= 11 is 11.6. The zero-order valence-electron chi connectivity index (χ0n) is 8.68. The van der Waals surface area contributed by atoms with Gasteiger partial charge in [-0.1, -0.05) is 29.3 Å². The summed E-state index contributed by atoms with van der Waals surface area (Å²) in [7, 11) is 0. The van der Waals surface area contributed by atoms with Gasteiger partial charge < -0.3 is 11.1 Å². The Bertz CT molecular complexity index is 538. The molecule has 0 unspecified atom stereocenters. The predicted octanol–water partition coefficient (Wildman–Crippen LogP) is 4.46. The highest BCUT2D eigenvalue weighted by molar-refractivity contribution is 6.33. The lowest BCUT2D eigenvalue weighted by Crippen LogP contribution is -1.97. The number of halogens is 3. The molecule has 2 aromatic rings. The first kappa shape index (κ1) is 12.0. The zero-order chi connectivity index (χ0) is 12.4. The summed E-state index contributed by atoms with van der Waals surface area (Å²) in [5.41, 5.74) is 7.32. The average Bonchev–Trinajstić information content (AvgIpc) is 2.23. The lowest BCUT2D eigenvalue weighted by molar-refractivity contribution is 0.628. The fraction of sp³-hybridized carbons (Fsp3) is 0. The molecule has 2 rings (SSSR count). The van der Waals surface area contributed by atoms with Gasteiger partial charge in [-0.3, -0.25) is 0 Å². The highest BCUT2D eigenvalue weighted by Crippen LogP contribution is 2.30. The molecule has 0 atom stereocenters. The van der Waals surface area contributed by atoms with E-state index in [1.54, 1.807) is 24.3 Å². The summed E-state index contributed by atoms with van der Waals surface area (Å²) in [5, 5.41) is 3.72. The molecular formula is C12H9Cl2FN2. The van der Waals surface area contributed by atoms with Crippen LogP contribution in [0.3, 0.4) is 0 Å². The topological polar surface area (TPSA) is 38.0 Å². The summed E-state index contributed by atoms with van der Waals surface area (Å²) < 4.78 is 13.1. The van der Waals surface area contributed by atoms with Crippen LogP contribution < -0.4 is 11.1 Å². The first-order valence-electron chi connectivity index (χ1n) is 4.83. The second kappa shape index (κ2) is 4.82. The monoisotopic (exact) mass is 270 g/mol. The van der Waals surface area contributed by atoms with Crippen molar-refractivity contribution in [3.63, 3.8) is 0 Å². The van der Waals surface area contributed by atoms with Gasteiger partial charge in [0.1, 0.15) is 5.82 Å². The van der Waals surface area contributed by atoms with Crippen molar-refractivity contribution in [2.24, 2.45) is 0 Å². The minimum absolute atomic E-state index is 0.313. The molecule has 0 aromatic heterocycles. The molecule has 2 aromatic carbocycles. The van der Waals surface area contributed by atoms with Gasteiger partial charge in [-0.25, -0.2) is 4.39 Å². The van der Waals surface area contributed by atoms with Crippen molar-refractivity contribution in [3.8, 4) is 0 Å². The van der Waals surface area contributed by atoms with Crippen molar-refractivity contribution < 1.29 is 4.39 Å². The van der Waals surface area contributed by atoms with Crippen LogP contribution in [0.2, 0.25) is 10.0 Å². The summed E-state index contributed by atoms with van der Waals surface area (Å²) in [6, 6.07) is 9.34. The van der Waals surface area contributed by atoms with Crippen LogP contribution in [0.15, 0.2) is 36.4 Å². The molecule has 5 heteroatoms. The number of anilines is 3. The van der Waals surface area contributed by atoms with E-state index in [1.165, 1.54) is 12.1 Å². The van der Waals surface area contributed by atoms with E-state index < -0.39 is 5.82 Å². The molecule has 88 valence electrons. The Balaban J connectivity index is 2.34. The number of benzene rings is 2. The summed E-state index contributed by atoms with van der Waals surface area (Å²) in [6.07, 6.45) is 0. The normalized spacial score (nSPS) is 10.3. The Labute approximate surface area is 108 Å². The first-order chi connectivity index (χ1) is 8.06. The van der Waals surface area contributed by atoms with E-state index in [2.05, 4.69) is 5.32 Å². The van der Waals surface area contributed by atoms with Gasteiger partial charge in [-0.15, -0.1) is 0 Å². The summed E-state index contributed by atoms with van der Waals surface area (Å²) in [4.78, 5) is 0. The minimum Gasteiger partial charge on any atom is -0.396 e. The largest absolute Gasteiger partial charge is 0.396 e. The number of rotatable bonds is 2. The number of hydrogen-bond donors (Lipinski definition) is 2. The maximum Gasteiger partial charge on any atom is 0.126 e. The van der Waals surface area contributed by atoms with Crippen molar-refractivity contribution in [1.82, 2.24) is 0 Å². The lowest BCUT2D eigenvalue weighted by atomic mass is 10.2. The van der Waals surface area contributed by atoms with Gasteiger partial charge >= 0.3 is 0 Å². The Morgan fingerprint density at radius 1 is 1.12 bits per heavy atom. The molecule has 0 heterocycles. The van der Waals surface area contributed by atoms with Crippen molar-refractivity contribution in [3.05, 3.63) is 52.3 Å². The third kappa shape index (κ3) is 2.81. The van der Waals surface area contributed by atoms with Crippen molar-refractivity contribution in [2.45, 2.75) is 0 Å². The second-order valence-electron chi connectivity index (χ2n) is 3.48. The Hall–Kier alpha value is -1.45. The molecule has 17 heavy (non-hydrogen) atoms. The quantitative estimate of drug-likeness (QED) is 0.791. The van der Waals surface area contributed by atoms with E-state index in [4.69, 9.17) is 28.9 Å². The highest BCUT2D eigenvalue weighted by Gasteiger charge is 2.04. The van der Waals surface area contributed by atoms with Crippen molar-refractivity contribution in [2.75, 3.05) is 11.1 Å². The number of nitrogen functional groups attached to an aromatic ring is 1. The Kier molecular flexibility index (Phi) is 3.41. The third-order valence-corrected chi connectivity index (χ3v) is 2.74. The van der Waals surface area contributed by atoms with E-state index in [0.717, 1.165) is 0 Å². The molecule has 0 fully saturated rings. The van der Waals surface area contributed by atoms with Gasteiger partial charge in [-0.2, -0.15) is 0 Å². The van der Waals surface area contributed by atoms with Crippen molar-refractivity contribution >= 4 is 40.3 Å². The number of nitrogens with two attached hydrogens (primary N) is 1. The van der Waals surface area contributed by atoms with Crippen LogP contribution in [0, 0.1) is 5.82 Å². The van der Waals surface area contributed by atoms with Gasteiger partial charge in [0.2, 0.25) is 0 Å². The van der Waals surface area contributed by atoms with E-state index in [-0.39, 0.29) is 0 Å². The maximum absolute atomic E-state index is 13.1. The molecule has 0 bridgehead atoms. The SMILES string of the molecule is Nc1c(Cl)cccc1Nc1cc(F)cc(Cl)c1. The molecule has 0 spiro atoms. The van der Waals surface area contributed by atoms with E-state index in [1.807, 2.05) is 0 Å². The molecule has 0 saturated carbocycles. The molecule has 2 nitrogen and oxygen atoms in total. The minimum atomic E-state index is -0.416. The lowest BCUT2D eigenvalue weighted by Gasteiger charge is -2.10. The third-order valence-electron chi connectivity index (χ3n) is 2.19. The predicted molar refractivity (Wildman–Crippen MR) is 70.6 cm³/mol. The second-order valence-corrected chi connectivity index (χ2v) is 4.33. The van der Waals surface area contributed by atoms with E-state index >= 15 is 0 Å². The molecule has 3 N–H and O–H groups in total. The Morgan fingerprint density at radius 2 is 1.88 bits per heavy atom. The molecule has 0 saturated heterocycles. The number of nitrogens with one attached hydrogen (secondary N) is 1. The van der Waals surface area contributed by atoms with Crippen LogP contribution in [0.4, 0.5) is 21.5 Å². The van der Waals surface area contributed by atoms with E-state index in [9.17, 15) is 4.39 Å². The summed E-state index contributed by atoms with van der Waals surface area (Å²) in [5.74, 6) is -0.416. The van der Waals surface area contributed by atoms with Gasteiger partial charge in [0.15, 0.2) is 0 Å². The number of hydrogen-bond acceptors (Lipinski definition) is 2. The average molecular weight is 271 g/mol. The molecule has 0 radical (unpaired) electrons. The highest BCUT2D eigenvalue weighted by atomic mass is 35.5. The van der Waals surface area contributed by atoms with Gasteiger partial charge in [-0.05, 0) is 30.3 Å². The fourth-order valence-corrected chi connectivity index (χ4v) is 1.82. The van der Waals surface area contributed by atoms with Gasteiger partial charge in [0.25, 0.3) is 0 Å². The fourth-order valence-electron chi connectivity index (χ4n) is 1.43. The smallest absolute Gasteiger partial charge is 0.126 e. The molecule has 0 aliphatic heterocycles.